The van der Waals surface area contributed by atoms with Gasteiger partial charge in [0.25, 0.3) is 0 Å². The van der Waals surface area contributed by atoms with Crippen LogP contribution in [-0.2, 0) is 9.53 Å². The molecule has 0 radical (unpaired) electrons. The van der Waals surface area contributed by atoms with Gasteiger partial charge in [0.2, 0.25) is 0 Å². The van der Waals surface area contributed by atoms with Crippen molar-refractivity contribution in [3.63, 3.8) is 0 Å². The van der Waals surface area contributed by atoms with Crippen molar-refractivity contribution in [3.05, 3.63) is 35.9 Å². The van der Waals surface area contributed by atoms with Crippen molar-refractivity contribution in [2.24, 2.45) is 0 Å². The highest BCUT2D eigenvalue weighted by Gasteiger charge is 1.93. The minimum atomic E-state index is -0.338. The van der Waals surface area contributed by atoms with E-state index >= 15 is 0 Å². The molecule has 2 N–H and O–H groups in total. The quantitative estimate of drug-likeness (QED) is 0.450. The molecule has 0 aliphatic carbocycles. The average molecular weight is 191 g/mol. The summed E-state index contributed by atoms with van der Waals surface area (Å²) in [4.78, 5) is 11.0. The number of ether oxygens (including phenoxy) is 1. The lowest BCUT2D eigenvalue weighted by atomic mass is 10.2. The molecule has 0 saturated carbocycles. The van der Waals surface area contributed by atoms with Crippen LogP contribution in [0.25, 0.3) is 6.08 Å². The summed E-state index contributed by atoms with van der Waals surface area (Å²) in [6, 6.07) is 7.28. The number of nitrogens with two attached hydrogens (primary N) is 1. The number of carbonyl (C=O) groups excluding carboxylic acids is 1. The monoisotopic (exact) mass is 191 g/mol. The van der Waals surface area contributed by atoms with E-state index < -0.39 is 0 Å². The molecule has 1 aromatic carbocycles. The molecule has 0 aliphatic rings. The molecule has 3 heteroatoms. The Bertz CT molecular complexity index is 345. The first-order chi connectivity index (χ1) is 6.72. The Hall–Kier alpha value is -1.77. The summed E-state index contributed by atoms with van der Waals surface area (Å²) in [5, 5.41) is 0. The van der Waals surface area contributed by atoms with Gasteiger partial charge in [-0.05, 0) is 30.7 Å². The van der Waals surface area contributed by atoms with E-state index in [4.69, 9.17) is 10.5 Å². The lowest BCUT2D eigenvalue weighted by Crippen LogP contribution is -1.98. The minimum absolute atomic E-state index is 0.338. The van der Waals surface area contributed by atoms with E-state index in [2.05, 4.69) is 0 Å². The van der Waals surface area contributed by atoms with Gasteiger partial charge in [0, 0.05) is 11.8 Å². The molecule has 74 valence electrons. The lowest BCUT2D eigenvalue weighted by Gasteiger charge is -1.96. The maximum Gasteiger partial charge on any atom is 0.330 e. The number of benzene rings is 1. The van der Waals surface area contributed by atoms with Crippen LogP contribution in [0.3, 0.4) is 0 Å². The van der Waals surface area contributed by atoms with Crippen LogP contribution >= 0.6 is 0 Å². The van der Waals surface area contributed by atoms with Gasteiger partial charge in [0.1, 0.15) is 0 Å². The van der Waals surface area contributed by atoms with Crippen LogP contribution in [0.5, 0.6) is 0 Å². The summed E-state index contributed by atoms with van der Waals surface area (Å²) >= 11 is 0. The molecule has 0 fully saturated rings. The van der Waals surface area contributed by atoms with E-state index in [1.165, 1.54) is 6.08 Å². The zero-order valence-electron chi connectivity index (χ0n) is 8.07. The Kier molecular flexibility index (Phi) is 3.73. The van der Waals surface area contributed by atoms with Crippen LogP contribution in [0.1, 0.15) is 12.5 Å². The van der Waals surface area contributed by atoms with Crippen molar-refractivity contribution < 1.29 is 9.53 Å². The molecule has 1 rings (SSSR count). The van der Waals surface area contributed by atoms with Gasteiger partial charge < -0.3 is 10.5 Å². The zero-order chi connectivity index (χ0) is 10.4. The maximum atomic E-state index is 11.0. The smallest absolute Gasteiger partial charge is 0.330 e. The van der Waals surface area contributed by atoms with Gasteiger partial charge in [-0.1, -0.05) is 12.1 Å². The van der Waals surface area contributed by atoms with Gasteiger partial charge in [-0.3, -0.25) is 0 Å². The predicted octanol–water partition coefficient (Wildman–Crippen LogP) is 1.85. The Balaban J connectivity index is 2.64. The summed E-state index contributed by atoms with van der Waals surface area (Å²) in [6.07, 6.45) is 3.06. The van der Waals surface area contributed by atoms with Crippen molar-refractivity contribution >= 4 is 17.7 Å². The minimum Gasteiger partial charge on any atom is -0.463 e. The Labute approximate surface area is 83.2 Å². The van der Waals surface area contributed by atoms with Gasteiger partial charge in [-0.25, -0.2) is 4.79 Å². The topological polar surface area (TPSA) is 52.3 Å². The number of nitrogen functional groups attached to an aromatic ring is 1. The molecular weight excluding hydrogens is 178 g/mol. The summed E-state index contributed by atoms with van der Waals surface area (Å²) in [7, 11) is 0. The zero-order valence-corrected chi connectivity index (χ0v) is 8.07. The fourth-order valence-corrected chi connectivity index (χ4v) is 1.02. The second-order valence-electron chi connectivity index (χ2n) is 2.76. The average Bonchev–Trinajstić information content (AvgIpc) is 2.15. The van der Waals surface area contributed by atoms with Crippen molar-refractivity contribution in [1.29, 1.82) is 0 Å². The summed E-state index contributed by atoms with van der Waals surface area (Å²) in [5.74, 6) is -0.338. The SMILES string of the molecule is CCOC(=O)/C=C/c1cccc(N)c1. The van der Waals surface area contributed by atoms with Gasteiger partial charge >= 0.3 is 5.97 Å². The van der Waals surface area contributed by atoms with Crippen LogP contribution in [0.2, 0.25) is 0 Å². The van der Waals surface area contributed by atoms with E-state index in [1.807, 2.05) is 12.1 Å². The molecule has 14 heavy (non-hydrogen) atoms. The molecule has 0 bridgehead atoms. The number of hydrogen-bond acceptors (Lipinski definition) is 3. The van der Waals surface area contributed by atoms with Crippen molar-refractivity contribution in [2.75, 3.05) is 12.3 Å². The highest BCUT2D eigenvalue weighted by Crippen LogP contribution is 2.07. The highest BCUT2D eigenvalue weighted by molar-refractivity contribution is 5.87. The second-order valence-corrected chi connectivity index (χ2v) is 2.76. The van der Waals surface area contributed by atoms with Crippen molar-refractivity contribution in [1.82, 2.24) is 0 Å². The van der Waals surface area contributed by atoms with Crippen molar-refractivity contribution in [3.8, 4) is 0 Å². The molecule has 3 nitrogen and oxygen atoms in total. The van der Waals surface area contributed by atoms with Crippen LogP contribution in [-0.4, -0.2) is 12.6 Å². The molecule has 0 spiro atoms. The number of anilines is 1. The Morgan fingerprint density at radius 1 is 1.57 bits per heavy atom. The number of hydrogen-bond donors (Lipinski definition) is 1. The Morgan fingerprint density at radius 3 is 3.00 bits per heavy atom. The van der Waals surface area contributed by atoms with E-state index in [9.17, 15) is 4.79 Å². The lowest BCUT2D eigenvalue weighted by molar-refractivity contribution is -0.137. The number of esters is 1. The van der Waals surface area contributed by atoms with Crippen molar-refractivity contribution in [2.45, 2.75) is 6.92 Å². The summed E-state index contributed by atoms with van der Waals surface area (Å²) in [6.45, 7) is 2.16. The first kappa shape index (κ1) is 10.3. The maximum absolute atomic E-state index is 11.0. The second kappa shape index (κ2) is 5.07. The molecule has 0 heterocycles. The molecule has 0 amide bonds. The molecule has 0 atom stereocenters. The molecular formula is C11H13NO2. The summed E-state index contributed by atoms with van der Waals surface area (Å²) < 4.78 is 4.74. The standard InChI is InChI=1S/C11H13NO2/c1-2-14-11(13)7-6-9-4-3-5-10(12)8-9/h3-8H,2,12H2,1H3/b7-6+. The Morgan fingerprint density at radius 2 is 2.36 bits per heavy atom. The highest BCUT2D eigenvalue weighted by atomic mass is 16.5. The first-order valence-corrected chi connectivity index (χ1v) is 4.42. The van der Waals surface area contributed by atoms with E-state index in [1.54, 1.807) is 25.1 Å². The summed E-state index contributed by atoms with van der Waals surface area (Å²) in [5.41, 5.74) is 7.14. The van der Waals surface area contributed by atoms with Crippen LogP contribution in [0, 0.1) is 0 Å². The largest absolute Gasteiger partial charge is 0.463 e. The van der Waals surface area contributed by atoms with Gasteiger partial charge in [-0.2, -0.15) is 0 Å². The molecule has 0 unspecified atom stereocenters. The third kappa shape index (κ3) is 3.31. The van der Waals surface area contributed by atoms with Crippen LogP contribution < -0.4 is 5.73 Å². The normalized spacial score (nSPS) is 10.4. The molecule has 0 aliphatic heterocycles. The third-order valence-electron chi connectivity index (χ3n) is 1.61. The molecule has 1 aromatic rings. The fourth-order valence-electron chi connectivity index (χ4n) is 1.02. The van der Waals surface area contributed by atoms with E-state index in [0.717, 1.165) is 5.56 Å². The van der Waals surface area contributed by atoms with Crippen LogP contribution in [0.15, 0.2) is 30.3 Å². The van der Waals surface area contributed by atoms with Crippen LogP contribution in [0.4, 0.5) is 5.69 Å². The third-order valence-corrected chi connectivity index (χ3v) is 1.61. The number of rotatable bonds is 3. The van der Waals surface area contributed by atoms with Gasteiger partial charge in [0.05, 0.1) is 6.61 Å². The molecule has 0 aromatic heterocycles. The molecule has 0 saturated heterocycles. The fraction of sp³-hybridized carbons (Fsp3) is 0.182. The number of carbonyl (C=O) groups is 1. The van der Waals surface area contributed by atoms with Gasteiger partial charge in [0.15, 0.2) is 0 Å². The van der Waals surface area contributed by atoms with E-state index in [0.29, 0.717) is 12.3 Å². The van der Waals surface area contributed by atoms with E-state index in [-0.39, 0.29) is 5.97 Å². The predicted molar refractivity (Wildman–Crippen MR) is 56.5 cm³/mol. The first-order valence-electron chi connectivity index (χ1n) is 4.42. The van der Waals surface area contributed by atoms with Gasteiger partial charge in [-0.15, -0.1) is 0 Å².